The molecule has 0 aliphatic carbocycles. The Labute approximate surface area is 196 Å². The van der Waals surface area contributed by atoms with Crippen LogP contribution >= 0.6 is 0 Å². The van der Waals surface area contributed by atoms with Crippen LogP contribution in [0.2, 0.25) is 0 Å². The molecule has 0 spiro atoms. The zero-order valence-electron chi connectivity index (χ0n) is 18.8. The average molecular weight is 469 g/mol. The van der Waals surface area contributed by atoms with Crippen LogP contribution in [0.5, 0.6) is 0 Å². The van der Waals surface area contributed by atoms with E-state index in [0.717, 1.165) is 11.1 Å². The van der Waals surface area contributed by atoms with E-state index in [4.69, 9.17) is 9.57 Å². The SMILES string of the molecule is CC(=O)N[C@@H]1[C@H](O/N=C2\C(=O)N(Cc3ccccc3)c3ccc(C)cc32)O[C@H](CO)[C@@H](O)[C@H]1O. The minimum atomic E-state index is -1.48. The second-order valence-corrected chi connectivity index (χ2v) is 8.38. The molecule has 1 fully saturated rings. The first kappa shape index (κ1) is 23.8. The summed E-state index contributed by atoms with van der Waals surface area (Å²) >= 11 is 0. The number of rotatable bonds is 6. The first-order valence-corrected chi connectivity index (χ1v) is 10.9. The topological polar surface area (TPSA) is 141 Å². The van der Waals surface area contributed by atoms with Gasteiger partial charge in [0.25, 0.3) is 5.91 Å². The van der Waals surface area contributed by atoms with Crippen LogP contribution in [-0.4, -0.2) is 70.1 Å². The van der Waals surface area contributed by atoms with Crippen molar-refractivity contribution in [2.45, 2.75) is 51.0 Å². The third-order valence-corrected chi connectivity index (χ3v) is 5.83. The summed E-state index contributed by atoms with van der Waals surface area (Å²) in [6.07, 6.45) is -5.44. The largest absolute Gasteiger partial charge is 0.394 e. The molecule has 4 rings (SSSR count). The summed E-state index contributed by atoms with van der Waals surface area (Å²) in [5, 5.41) is 36.6. The molecular weight excluding hydrogens is 442 g/mol. The Hall–Kier alpha value is -3.31. The van der Waals surface area contributed by atoms with E-state index in [0.29, 0.717) is 17.8 Å². The number of ether oxygens (including phenoxy) is 1. The summed E-state index contributed by atoms with van der Waals surface area (Å²) in [6, 6.07) is 13.9. The molecule has 1 saturated heterocycles. The van der Waals surface area contributed by atoms with Crippen molar-refractivity contribution in [3.05, 3.63) is 65.2 Å². The number of aryl methyl sites for hydroxylation is 1. The van der Waals surface area contributed by atoms with Crippen molar-refractivity contribution in [1.29, 1.82) is 0 Å². The van der Waals surface area contributed by atoms with Crippen molar-refractivity contribution in [1.82, 2.24) is 5.32 Å². The van der Waals surface area contributed by atoms with E-state index in [9.17, 15) is 24.9 Å². The number of carbonyl (C=O) groups is 2. The Morgan fingerprint density at radius 2 is 1.91 bits per heavy atom. The highest BCUT2D eigenvalue weighted by Crippen LogP contribution is 2.32. The molecule has 34 heavy (non-hydrogen) atoms. The fourth-order valence-corrected chi connectivity index (χ4v) is 4.10. The molecule has 10 nitrogen and oxygen atoms in total. The number of hydrogen-bond acceptors (Lipinski definition) is 8. The number of aliphatic hydroxyl groups excluding tert-OH is 3. The van der Waals surface area contributed by atoms with E-state index in [1.165, 1.54) is 6.92 Å². The number of nitrogens with one attached hydrogen (secondary N) is 1. The molecule has 4 N–H and O–H groups in total. The Morgan fingerprint density at radius 3 is 2.59 bits per heavy atom. The number of anilines is 1. The van der Waals surface area contributed by atoms with Gasteiger partial charge in [-0.1, -0.05) is 47.1 Å². The minimum absolute atomic E-state index is 0.0426. The van der Waals surface area contributed by atoms with Crippen LogP contribution in [0, 0.1) is 6.92 Å². The van der Waals surface area contributed by atoms with Gasteiger partial charge in [-0.25, -0.2) is 0 Å². The summed E-state index contributed by atoms with van der Waals surface area (Å²) in [4.78, 5) is 32.1. The van der Waals surface area contributed by atoms with Crippen molar-refractivity contribution in [2.24, 2.45) is 5.16 Å². The van der Waals surface area contributed by atoms with Crippen LogP contribution in [0.1, 0.15) is 23.6 Å². The van der Waals surface area contributed by atoms with Crippen LogP contribution in [0.4, 0.5) is 5.69 Å². The number of nitrogens with zero attached hydrogens (tertiary/aromatic N) is 2. The van der Waals surface area contributed by atoms with E-state index in [-0.39, 0.29) is 11.6 Å². The molecule has 0 aromatic heterocycles. The summed E-state index contributed by atoms with van der Waals surface area (Å²) < 4.78 is 5.53. The summed E-state index contributed by atoms with van der Waals surface area (Å²) in [6.45, 7) is 2.87. The third kappa shape index (κ3) is 4.66. The molecule has 2 amide bonds. The molecule has 2 aliphatic rings. The number of carbonyl (C=O) groups excluding carboxylic acids is 2. The highest BCUT2D eigenvalue weighted by atomic mass is 16.8. The van der Waals surface area contributed by atoms with Crippen molar-refractivity contribution >= 4 is 23.2 Å². The highest BCUT2D eigenvalue weighted by Gasteiger charge is 2.46. The molecule has 2 aromatic rings. The lowest BCUT2D eigenvalue weighted by atomic mass is 9.97. The fourth-order valence-electron chi connectivity index (χ4n) is 4.10. The normalized spacial score (nSPS) is 27.6. The van der Waals surface area contributed by atoms with E-state index in [2.05, 4.69) is 10.5 Å². The molecule has 0 unspecified atom stereocenters. The Bertz CT molecular complexity index is 1090. The lowest BCUT2D eigenvalue weighted by molar-refractivity contribution is -0.270. The summed E-state index contributed by atoms with van der Waals surface area (Å²) in [5.41, 5.74) is 3.15. The summed E-state index contributed by atoms with van der Waals surface area (Å²) in [7, 11) is 0. The maximum absolute atomic E-state index is 13.3. The number of benzene rings is 2. The molecule has 5 atom stereocenters. The highest BCUT2D eigenvalue weighted by molar-refractivity contribution is 6.54. The Morgan fingerprint density at radius 1 is 1.18 bits per heavy atom. The van der Waals surface area contributed by atoms with E-state index in [1.54, 1.807) is 4.90 Å². The van der Waals surface area contributed by atoms with Crippen LogP contribution in [0.3, 0.4) is 0 Å². The number of aliphatic hydroxyl groups is 3. The van der Waals surface area contributed by atoms with Gasteiger partial charge in [0.2, 0.25) is 12.2 Å². The predicted octanol–water partition coefficient (Wildman–Crippen LogP) is 0.206. The molecular formula is C24H27N3O7. The van der Waals surface area contributed by atoms with Gasteiger partial charge < -0.3 is 35.1 Å². The van der Waals surface area contributed by atoms with Gasteiger partial charge in [0.15, 0.2) is 5.71 Å². The lowest BCUT2D eigenvalue weighted by Crippen LogP contribution is -2.64. The standard InChI is InChI=1S/C24H27N3O7/c1-13-8-9-17-16(10-13)19(23(32)27(17)11-15-6-4-3-5-7-15)26-34-24-20(25-14(2)29)22(31)21(30)18(12-28)33-24/h3-10,18,20-22,24,28,30-31H,11-12H2,1-2H3,(H,25,29)/b26-19-/t18-,20+,21-,22+,24+/m1/s1. The third-order valence-electron chi connectivity index (χ3n) is 5.83. The Balaban J connectivity index is 1.64. The minimum Gasteiger partial charge on any atom is -0.394 e. The van der Waals surface area contributed by atoms with E-state index >= 15 is 0 Å². The van der Waals surface area contributed by atoms with Gasteiger partial charge in [0.1, 0.15) is 24.4 Å². The molecule has 0 saturated carbocycles. The molecule has 10 heteroatoms. The summed E-state index contributed by atoms with van der Waals surface area (Å²) in [5.74, 6) is -0.869. The van der Waals surface area contributed by atoms with Crippen molar-refractivity contribution < 1.29 is 34.5 Å². The maximum Gasteiger partial charge on any atom is 0.281 e. The number of fused-ring (bicyclic) bond motifs is 1. The lowest BCUT2D eigenvalue weighted by Gasteiger charge is -2.40. The fraction of sp³-hybridized carbons (Fsp3) is 0.375. The van der Waals surface area contributed by atoms with Gasteiger partial charge >= 0.3 is 0 Å². The number of amides is 2. The molecule has 0 bridgehead atoms. The number of hydrogen-bond donors (Lipinski definition) is 4. The van der Waals surface area contributed by atoms with Crippen molar-refractivity contribution in [3.8, 4) is 0 Å². The molecule has 2 aromatic carbocycles. The van der Waals surface area contributed by atoms with E-state index in [1.807, 2.05) is 55.5 Å². The van der Waals surface area contributed by atoms with Gasteiger partial charge in [0.05, 0.1) is 18.8 Å². The monoisotopic (exact) mass is 469 g/mol. The van der Waals surface area contributed by atoms with Gasteiger partial charge in [-0.05, 0) is 24.6 Å². The van der Waals surface area contributed by atoms with Crippen LogP contribution < -0.4 is 10.2 Å². The average Bonchev–Trinajstić information content (AvgIpc) is 3.07. The molecule has 2 heterocycles. The quantitative estimate of drug-likeness (QED) is 0.443. The predicted molar refractivity (Wildman–Crippen MR) is 122 cm³/mol. The Kier molecular flexibility index (Phi) is 6.94. The zero-order valence-corrected chi connectivity index (χ0v) is 18.8. The molecule has 180 valence electrons. The smallest absolute Gasteiger partial charge is 0.281 e. The zero-order chi connectivity index (χ0) is 24.4. The second-order valence-electron chi connectivity index (χ2n) is 8.38. The van der Waals surface area contributed by atoms with Crippen molar-refractivity contribution in [3.63, 3.8) is 0 Å². The van der Waals surface area contributed by atoms with E-state index < -0.39 is 43.2 Å². The van der Waals surface area contributed by atoms with Crippen LogP contribution in [0.15, 0.2) is 53.7 Å². The van der Waals surface area contributed by atoms with Crippen molar-refractivity contribution in [2.75, 3.05) is 11.5 Å². The van der Waals surface area contributed by atoms with Gasteiger partial charge in [-0.3, -0.25) is 9.59 Å². The maximum atomic E-state index is 13.3. The van der Waals surface area contributed by atoms with Crippen LogP contribution in [0.25, 0.3) is 0 Å². The van der Waals surface area contributed by atoms with Gasteiger partial charge in [0, 0.05) is 12.5 Å². The van der Waals surface area contributed by atoms with Crippen LogP contribution in [-0.2, 0) is 25.7 Å². The van der Waals surface area contributed by atoms with Gasteiger partial charge in [-0.2, -0.15) is 0 Å². The molecule has 2 aliphatic heterocycles. The first-order chi connectivity index (χ1) is 16.3. The van der Waals surface area contributed by atoms with Gasteiger partial charge in [-0.15, -0.1) is 0 Å². The molecule has 0 radical (unpaired) electrons. The second kappa shape index (κ2) is 9.90. The first-order valence-electron chi connectivity index (χ1n) is 10.9. The number of oxime groups is 1.